The van der Waals surface area contributed by atoms with Crippen LogP contribution in [0.25, 0.3) is 0 Å². The van der Waals surface area contributed by atoms with Crippen LogP contribution in [0.2, 0.25) is 0 Å². The lowest BCUT2D eigenvalue weighted by Crippen LogP contribution is -2.20. The highest BCUT2D eigenvalue weighted by atomic mass is 32.2. The molecule has 1 N–H and O–H groups in total. The number of likely N-dealkylation sites (N-methyl/N-ethyl adjacent to an activating group) is 1. The van der Waals surface area contributed by atoms with Crippen molar-refractivity contribution in [1.29, 1.82) is 0 Å². The van der Waals surface area contributed by atoms with Crippen LogP contribution in [0, 0.1) is 12.7 Å². The Bertz CT molecular complexity index is 552. The molecule has 0 aromatic heterocycles. The van der Waals surface area contributed by atoms with Gasteiger partial charge < -0.3 is 5.32 Å². The van der Waals surface area contributed by atoms with Crippen molar-refractivity contribution in [2.24, 2.45) is 0 Å². The summed E-state index contributed by atoms with van der Waals surface area (Å²) in [5.41, 5.74) is 0.0939. The second-order valence-corrected chi connectivity index (χ2v) is 5.81. The minimum atomic E-state index is -3.46. The number of halogens is 1. The van der Waals surface area contributed by atoms with Gasteiger partial charge in [-0.15, -0.1) is 0 Å². The number of carbonyl (C=O) groups excluding carboxylic acids is 1. The van der Waals surface area contributed by atoms with Crippen molar-refractivity contribution in [3.8, 4) is 0 Å². The maximum Gasteiger partial charge on any atom is 0.179 e. The van der Waals surface area contributed by atoms with Crippen molar-refractivity contribution in [2.45, 2.75) is 11.8 Å². The normalized spacial score (nSPS) is 11.5. The summed E-state index contributed by atoms with van der Waals surface area (Å²) in [6, 6.07) is 2.17. The summed E-state index contributed by atoms with van der Waals surface area (Å²) in [7, 11) is -1.90. The predicted molar refractivity (Wildman–Crippen MR) is 62.5 cm³/mol. The average Bonchev–Trinajstić information content (AvgIpc) is 2.15. The zero-order valence-electron chi connectivity index (χ0n) is 9.87. The van der Waals surface area contributed by atoms with Gasteiger partial charge in [0.2, 0.25) is 0 Å². The monoisotopic (exact) mass is 259 g/mol. The fourth-order valence-electron chi connectivity index (χ4n) is 1.52. The molecule has 0 amide bonds. The number of hydrogen-bond acceptors (Lipinski definition) is 4. The van der Waals surface area contributed by atoms with Crippen LogP contribution in [0.15, 0.2) is 17.0 Å². The summed E-state index contributed by atoms with van der Waals surface area (Å²) >= 11 is 0. The lowest BCUT2D eigenvalue weighted by Gasteiger charge is -2.08. The minimum Gasteiger partial charge on any atom is -0.313 e. The Balaban J connectivity index is 3.39. The standard InChI is InChI=1S/C11H14FNO3S/c1-7-4-9(12)8(10(14)6-13-2)5-11(7)17(3,15)16/h4-5,13H,6H2,1-3H3. The SMILES string of the molecule is CNCC(=O)c1cc(S(C)(=O)=O)c(C)cc1F. The second kappa shape index (κ2) is 4.93. The molecule has 1 aromatic carbocycles. The molecule has 1 rings (SSSR count). The van der Waals surface area contributed by atoms with Gasteiger partial charge in [-0.05, 0) is 31.7 Å². The van der Waals surface area contributed by atoms with E-state index in [1.165, 1.54) is 6.92 Å². The molecule has 0 saturated carbocycles. The molecule has 0 aliphatic heterocycles. The van der Waals surface area contributed by atoms with Crippen LogP contribution in [0.1, 0.15) is 15.9 Å². The van der Waals surface area contributed by atoms with Crippen molar-refractivity contribution in [3.05, 3.63) is 29.1 Å². The maximum atomic E-state index is 13.5. The largest absolute Gasteiger partial charge is 0.313 e. The quantitative estimate of drug-likeness (QED) is 0.645. The van der Waals surface area contributed by atoms with Gasteiger partial charge in [0.1, 0.15) is 5.82 Å². The van der Waals surface area contributed by atoms with Crippen molar-refractivity contribution < 1.29 is 17.6 Å². The highest BCUT2D eigenvalue weighted by Crippen LogP contribution is 2.20. The Kier molecular flexibility index (Phi) is 4.00. The van der Waals surface area contributed by atoms with Crippen LogP contribution in [0.4, 0.5) is 4.39 Å². The molecule has 0 aliphatic carbocycles. The first kappa shape index (κ1) is 13.8. The molecular weight excluding hydrogens is 245 g/mol. The van der Waals surface area contributed by atoms with Crippen LogP contribution in [-0.4, -0.2) is 34.0 Å². The molecule has 0 fully saturated rings. The van der Waals surface area contributed by atoms with Gasteiger partial charge in [-0.25, -0.2) is 12.8 Å². The van der Waals surface area contributed by atoms with Crippen molar-refractivity contribution in [1.82, 2.24) is 5.32 Å². The molecular formula is C11H14FNO3S. The van der Waals surface area contributed by atoms with E-state index in [0.29, 0.717) is 5.56 Å². The molecule has 4 nitrogen and oxygen atoms in total. The van der Waals surface area contributed by atoms with Crippen molar-refractivity contribution in [2.75, 3.05) is 19.8 Å². The first-order valence-corrected chi connectivity index (χ1v) is 6.84. The van der Waals surface area contributed by atoms with Crippen LogP contribution >= 0.6 is 0 Å². The van der Waals surface area contributed by atoms with E-state index in [2.05, 4.69) is 5.32 Å². The van der Waals surface area contributed by atoms with E-state index in [1.807, 2.05) is 0 Å². The lowest BCUT2D eigenvalue weighted by molar-refractivity contribution is 0.0989. The van der Waals surface area contributed by atoms with Gasteiger partial charge in [0.25, 0.3) is 0 Å². The zero-order chi connectivity index (χ0) is 13.2. The number of rotatable bonds is 4. The van der Waals surface area contributed by atoms with Crippen molar-refractivity contribution in [3.63, 3.8) is 0 Å². The van der Waals surface area contributed by atoms with Gasteiger partial charge in [0.15, 0.2) is 15.6 Å². The van der Waals surface area contributed by atoms with Crippen LogP contribution in [0.5, 0.6) is 0 Å². The summed E-state index contributed by atoms with van der Waals surface area (Å²) in [4.78, 5) is 11.5. The van der Waals surface area contributed by atoms with Gasteiger partial charge in [-0.2, -0.15) is 0 Å². The molecule has 0 atom stereocenters. The Morgan fingerprint density at radius 2 is 2.00 bits per heavy atom. The fourth-order valence-corrected chi connectivity index (χ4v) is 2.50. The lowest BCUT2D eigenvalue weighted by atomic mass is 10.1. The minimum absolute atomic E-state index is 0.0154. The Morgan fingerprint density at radius 3 is 2.47 bits per heavy atom. The molecule has 0 saturated heterocycles. The summed E-state index contributed by atoms with van der Waals surface area (Å²) in [6.07, 6.45) is 1.03. The number of ketones is 1. The molecule has 17 heavy (non-hydrogen) atoms. The summed E-state index contributed by atoms with van der Waals surface area (Å²) in [5.74, 6) is -1.18. The number of sulfone groups is 1. The van der Waals surface area contributed by atoms with E-state index in [1.54, 1.807) is 7.05 Å². The number of Topliss-reactive ketones (excluding diaryl/α,β-unsaturated/α-hetero) is 1. The number of carbonyl (C=O) groups is 1. The van der Waals surface area contributed by atoms with E-state index in [4.69, 9.17) is 0 Å². The van der Waals surface area contributed by atoms with Gasteiger partial charge in [0.05, 0.1) is 17.0 Å². The molecule has 0 bridgehead atoms. The summed E-state index contributed by atoms with van der Waals surface area (Å²) < 4.78 is 36.4. The fraction of sp³-hybridized carbons (Fsp3) is 0.364. The number of nitrogens with one attached hydrogen (secondary N) is 1. The summed E-state index contributed by atoms with van der Waals surface area (Å²) in [5, 5.41) is 2.60. The van der Waals surface area contributed by atoms with E-state index < -0.39 is 21.4 Å². The van der Waals surface area contributed by atoms with E-state index >= 15 is 0 Å². The van der Waals surface area contributed by atoms with E-state index in [-0.39, 0.29) is 17.0 Å². The topological polar surface area (TPSA) is 63.2 Å². The van der Waals surface area contributed by atoms with E-state index in [0.717, 1.165) is 18.4 Å². The highest BCUT2D eigenvalue weighted by Gasteiger charge is 2.18. The Morgan fingerprint density at radius 1 is 1.41 bits per heavy atom. The highest BCUT2D eigenvalue weighted by molar-refractivity contribution is 7.90. The zero-order valence-corrected chi connectivity index (χ0v) is 10.7. The third-order valence-electron chi connectivity index (χ3n) is 2.30. The molecule has 94 valence electrons. The van der Waals surface area contributed by atoms with Gasteiger partial charge >= 0.3 is 0 Å². The molecule has 0 heterocycles. The third-order valence-corrected chi connectivity index (χ3v) is 3.54. The first-order valence-electron chi connectivity index (χ1n) is 4.95. The molecule has 0 aliphatic rings. The number of aryl methyl sites for hydroxylation is 1. The van der Waals surface area contributed by atoms with Gasteiger partial charge in [-0.3, -0.25) is 4.79 Å². The van der Waals surface area contributed by atoms with Crippen LogP contribution in [0.3, 0.4) is 0 Å². The average molecular weight is 259 g/mol. The smallest absolute Gasteiger partial charge is 0.179 e. The Labute approximate surface area is 99.8 Å². The molecule has 0 radical (unpaired) electrons. The molecule has 0 spiro atoms. The number of hydrogen-bond donors (Lipinski definition) is 1. The van der Waals surface area contributed by atoms with Crippen molar-refractivity contribution >= 4 is 15.6 Å². The predicted octanol–water partition coefficient (Wildman–Crippen LogP) is 0.940. The van der Waals surface area contributed by atoms with Gasteiger partial charge in [-0.1, -0.05) is 0 Å². The number of benzene rings is 1. The molecule has 1 aromatic rings. The second-order valence-electron chi connectivity index (χ2n) is 3.82. The molecule has 0 unspecified atom stereocenters. The van der Waals surface area contributed by atoms with Crippen LogP contribution < -0.4 is 5.32 Å². The van der Waals surface area contributed by atoms with Crippen LogP contribution in [-0.2, 0) is 9.84 Å². The third kappa shape index (κ3) is 3.10. The van der Waals surface area contributed by atoms with E-state index in [9.17, 15) is 17.6 Å². The Hall–Kier alpha value is -1.27. The first-order chi connectivity index (χ1) is 7.77. The molecule has 6 heteroatoms. The van der Waals surface area contributed by atoms with Gasteiger partial charge in [0, 0.05) is 6.26 Å². The summed E-state index contributed by atoms with van der Waals surface area (Å²) in [6.45, 7) is 1.45. The maximum absolute atomic E-state index is 13.5.